The summed E-state index contributed by atoms with van der Waals surface area (Å²) in [6.45, 7) is 6.80. The summed E-state index contributed by atoms with van der Waals surface area (Å²) >= 11 is 0. The van der Waals surface area contributed by atoms with Gasteiger partial charge in [-0.25, -0.2) is 4.98 Å². The molecular weight excluding hydrogens is 690 g/mol. The molecule has 0 unspecified atom stereocenters. The van der Waals surface area contributed by atoms with Crippen molar-refractivity contribution in [2.75, 3.05) is 25.6 Å². The molecular formula is C42H58N3O9-. The molecule has 54 heavy (non-hydrogen) atoms. The maximum atomic E-state index is 12.7. The Labute approximate surface area is 318 Å². The maximum Gasteiger partial charge on any atom is 0.302 e. The molecule has 0 saturated heterocycles. The van der Waals surface area contributed by atoms with Crippen molar-refractivity contribution in [2.45, 2.75) is 97.4 Å². The van der Waals surface area contributed by atoms with Gasteiger partial charge in [0.25, 0.3) is 0 Å². The predicted molar refractivity (Wildman–Crippen MR) is 203 cm³/mol. The van der Waals surface area contributed by atoms with Gasteiger partial charge < -0.3 is 45.4 Å². The van der Waals surface area contributed by atoms with Gasteiger partial charge in [0.1, 0.15) is 24.6 Å². The molecule has 1 aromatic carbocycles. The van der Waals surface area contributed by atoms with Gasteiger partial charge in [-0.15, -0.1) is 0 Å². The fraction of sp³-hybridized carbons (Fsp3) is 0.595. The van der Waals surface area contributed by atoms with Crippen LogP contribution in [0.2, 0.25) is 0 Å². The third-order valence-electron chi connectivity index (χ3n) is 11.7. The van der Waals surface area contributed by atoms with Crippen molar-refractivity contribution in [1.82, 2.24) is 9.97 Å². The topological polar surface area (TPSA) is 196 Å². The molecule has 3 aromatic rings. The first-order chi connectivity index (χ1) is 25.9. The standard InChI is InChI=1S/C42H58N3O9/c1-24(2)35-17-30(16-33-6-5-10-44-33)37-18-29(35)14-31(15-32(23-47)42(37)51)39(54-26(4)49)21-34(53-25(3)48)8-7-27-19-40(52-13-12-46)38(50)22-36(27)28-9-11-45-41(43)20-28/h5-6,9-11,19-20,22,24,29-32,34-35,37,39,42,46-47,50-51H,7-8,12-18,21,23H2,1-4H3,(H2,43,45)/q-1/t29-,30+,31+,32+,34-,35+,37+,39-,42-/m1/s1. The zero-order valence-corrected chi connectivity index (χ0v) is 32.0. The first-order valence-corrected chi connectivity index (χ1v) is 19.4. The van der Waals surface area contributed by atoms with Crippen LogP contribution >= 0.6 is 0 Å². The molecule has 12 nitrogen and oxygen atoms in total. The summed E-state index contributed by atoms with van der Waals surface area (Å²) in [5, 5.41) is 42.8. The molecule has 2 aromatic heterocycles. The lowest BCUT2D eigenvalue weighted by Crippen LogP contribution is -2.48. The predicted octanol–water partition coefficient (Wildman–Crippen LogP) is 5.09. The van der Waals surface area contributed by atoms with Crippen molar-refractivity contribution < 1.29 is 44.2 Å². The molecule has 6 N–H and O–H groups in total. The van der Waals surface area contributed by atoms with Crippen LogP contribution in [-0.4, -0.2) is 75.5 Å². The van der Waals surface area contributed by atoms with Crippen molar-refractivity contribution in [3.05, 3.63) is 60.0 Å². The van der Waals surface area contributed by atoms with Crippen LogP contribution in [0.5, 0.6) is 11.5 Å². The Balaban J connectivity index is 1.43. The number of benzene rings is 1. The number of aryl methyl sites for hydroxylation is 1. The second-order valence-corrected chi connectivity index (χ2v) is 15.7. The Bertz CT molecular complexity index is 1660. The van der Waals surface area contributed by atoms with Crippen molar-refractivity contribution >= 4 is 17.8 Å². The number of aliphatic hydroxyl groups is 3. The lowest BCUT2D eigenvalue weighted by atomic mass is 9.57. The lowest BCUT2D eigenvalue weighted by molar-refractivity contribution is -0.158. The number of carbonyl (C=O) groups is 2. The van der Waals surface area contributed by atoms with E-state index in [1.54, 1.807) is 36.7 Å². The smallest absolute Gasteiger partial charge is 0.302 e. The van der Waals surface area contributed by atoms with Crippen LogP contribution in [0.3, 0.4) is 0 Å². The highest BCUT2D eigenvalue weighted by Gasteiger charge is 2.47. The molecule has 5 rings (SSSR count). The van der Waals surface area contributed by atoms with Gasteiger partial charge in [-0.3, -0.25) is 9.59 Å². The number of phenols is 1. The maximum absolute atomic E-state index is 12.7. The summed E-state index contributed by atoms with van der Waals surface area (Å²) in [7, 11) is 0. The van der Waals surface area contributed by atoms with Gasteiger partial charge in [0.2, 0.25) is 0 Å². The van der Waals surface area contributed by atoms with Crippen LogP contribution in [0, 0.1) is 41.4 Å². The van der Waals surface area contributed by atoms with Crippen molar-refractivity contribution in [3.8, 4) is 22.6 Å². The molecule has 2 saturated carbocycles. The van der Waals surface area contributed by atoms with Gasteiger partial charge in [-0.1, -0.05) is 26.0 Å². The average Bonchev–Trinajstić information content (AvgIpc) is 3.63. The number of hydrogen-bond donors (Lipinski definition) is 5. The van der Waals surface area contributed by atoms with Gasteiger partial charge in [-0.05, 0) is 121 Å². The molecule has 2 fully saturated rings. The molecule has 2 aliphatic rings. The Morgan fingerprint density at radius 1 is 1.02 bits per heavy atom. The van der Waals surface area contributed by atoms with Gasteiger partial charge in [0.05, 0.1) is 12.7 Å². The number of phenolic OH excluding ortho intramolecular Hbond substituents is 1. The number of fused-ring (bicyclic) bond motifs is 2. The first kappa shape index (κ1) is 41.0. The zero-order valence-electron chi connectivity index (χ0n) is 32.0. The Morgan fingerprint density at radius 3 is 2.44 bits per heavy atom. The van der Waals surface area contributed by atoms with E-state index in [9.17, 15) is 30.0 Å². The molecule has 2 heterocycles. The highest BCUT2D eigenvalue weighted by molar-refractivity contribution is 5.72. The minimum absolute atomic E-state index is 0.00888. The number of ether oxygens (including phenoxy) is 3. The summed E-state index contributed by atoms with van der Waals surface area (Å²) in [5.74, 6) is 0.202. The average molecular weight is 749 g/mol. The number of aromatic nitrogens is 2. The van der Waals surface area contributed by atoms with E-state index in [1.165, 1.54) is 13.8 Å². The monoisotopic (exact) mass is 748 g/mol. The van der Waals surface area contributed by atoms with Gasteiger partial charge >= 0.3 is 11.9 Å². The number of esters is 2. The Kier molecular flexibility index (Phi) is 14.4. The van der Waals surface area contributed by atoms with E-state index < -0.39 is 36.2 Å². The summed E-state index contributed by atoms with van der Waals surface area (Å²) < 4.78 is 17.6. The van der Waals surface area contributed by atoms with E-state index in [0.717, 1.165) is 42.5 Å². The normalized spacial score (nSPS) is 25.3. The summed E-state index contributed by atoms with van der Waals surface area (Å²) in [6, 6.07) is 10.8. The van der Waals surface area contributed by atoms with Crippen LogP contribution < -0.4 is 15.5 Å². The molecule has 0 radical (unpaired) electrons. The zero-order chi connectivity index (χ0) is 38.9. The molecule has 0 amide bonds. The third-order valence-corrected chi connectivity index (χ3v) is 11.7. The number of pyridine rings is 1. The highest BCUT2D eigenvalue weighted by Crippen LogP contribution is 2.51. The number of nitrogen functional groups attached to an aromatic ring is 1. The largest absolute Gasteiger partial charge is 0.668 e. The summed E-state index contributed by atoms with van der Waals surface area (Å²) in [4.78, 5) is 33.9. The van der Waals surface area contributed by atoms with E-state index >= 15 is 0 Å². The first-order valence-electron chi connectivity index (χ1n) is 19.4. The minimum atomic E-state index is -0.729. The number of nitrogens with zero attached hydrogens (tertiary/aromatic N) is 2. The number of hydrogen-bond acceptors (Lipinski definition) is 11. The van der Waals surface area contributed by atoms with E-state index in [0.29, 0.717) is 42.5 Å². The lowest BCUT2D eigenvalue weighted by Gasteiger charge is -2.50. The van der Waals surface area contributed by atoms with E-state index in [-0.39, 0.29) is 61.4 Å². The van der Waals surface area contributed by atoms with Crippen LogP contribution in [-0.2, 0) is 31.9 Å². The molecule has 2 bridgehead atoms. The Morgan fingerprint density at radius 2 is 1.80 bits per heavy atom. The molecule has 0 spiro atoms. The number of aromatic hydroxyl groups is 1. The van der Waals surface area contributed by atoms with E-state index in [4.69, 9.17) is 19.9 Å². The highest BCUT2D eigenvalue weighted by atomic mass is 16.6. The fourth-order valence-electron chi connectivity index (χ4n) is 9.31. The molecule has 0 aliphatic heterocycles. The van der Waals surface area contributed by atoms with Crippen molar-refractivity contribution in [2.24, 2.45) is 41.4 Å². The SMILES string of the molecule is CC(=O)O[C@H](CCc1cc(OCCO)c(O)cc1-c1ccnc(N)c1)C[C@@H](OC(C)=O)[C@@H]1C[C@@H](CO)[C@@H](O)[C@H]2C[C@@H](C1)[C@H](C(C)C)C[C@@H]2Cc1ccc[n-]1. The number of aliphatic hydroxyl groups excluding tert-OH is 3. The van der Waals surface area contributed by atoms with Crippen LogP contribution in [0.4, 0.5) is 5.82 Å². The molecule has 296 valence electrons. The van der Waals surface area contributed by atoms with Crippen LogP contribution in [0.1, 0.15) is 77.5 Å². The van der Waals surface area contributed by atoms with Crippen LogP contribution in [0.15, 0.2) is 48.8 Å². The number of nitrogens with two attached hydrogens (primary N) is 1. The number of anilines is 1. The van der Waals surface area contributed by atoms with Gasteiger partial charge in [0.15, 0.2) is 11.5 Å². The van der Waals surface area contributed by atoms with Gasteiger partial charge in [-0.2, -0.15) is 11.9 Å². The number of carbonyl (C=O) groups excluding carboxylic acids is 2. The second kappa shape index (κ2) is 19.0. The fourth-order valence-corrected chi connectivity index (χ4v) is 9.31. The summed E-state index contributed by atoms with van der Waals surface area (Å²) in [6.07, 6.45) is 6.11. The van der Waals surface area contributed by atoms with Gasteiger partial charge in [0, 0.05) is 39.0 Å². The quantitative estimate of drug-likeness (QED) is 0.122. The van der Waals surface area contributed by atoms with Crippen LogP contribution in [0.25, 0.3) is 11.1 Å². The van der Waals surface area contributed by atoms with Crippen molar-refractivity contribution in [1.29, 1.82) is 0 Å². The third kappa shape index (κ3) is 10.5. The molecule has 2 aliphatic carbocycles. The van der Waals surface area contributed by atoms with E-state index in [2.05, 4.69) is 23.8 Å². The molecule has 9 atom stereocenters. The molecule has 12 heteroatoms. The number of rotatable bonds is 16. The Hall–Kier alpha value is -4.13. The summed E-state index contributed by atoms with van der Waals surface area (Å²) in [5.41, 5.74) is 9.22. The van der Waals surface area contributed by atoms with E-state index in [1.807, 2.05) is 12.1 Å². The second-order valence-electron chi connectivity index (χ2n) is 15.7. The van der Waals surface area contributed by atoms with Crippen molar-refractivity contribution in [3.63, 3.8) is 0 Å². The minimum Gasteiger partial charge on any atom is -0.668 e.